The molecular formula is C23H32F3N7O4. The van der Waals surface area contributed by atoms with Crippen LogP contribution in [0, 0.1) is 5.41 Å². The van der Waals surface area contributed by atoms with E-state index < -0.39 is 41.8 Å². The Labute approximate surface area is 211 Å². The first-order chi connectivity index (χ1) is 17.3. The van der Waals surface area contributed by atoms with Crippen LogP contribution in [0.5, 0.6) is 0 Å². The van der Waals surface area contributed by atoms with Gasteiger partial charge in [-0.3, -0.25) is 24.6 Å². The maximum absolute atomic E-state index is 13.4. The molecule has 2 aliphatic heterocycles. The number of hydrogen-bond donors (Lipinski definition) is 3. The molecule has 3 fully saturated rings. The highest BCUT2D eigenvalue weighted by Crippen LogP contribution is 2.62. The van der Waals surface area contributed by atoms with Gasteiger partial charge in [-0.15, -0.1) is 0 Å². The van der Waals surface area contributed by atoms with Crippen LogP contribution in [-0.4, -0.2) is 85.9 Å². The van der Waals surface area contributed by atoms with Crippen molar-refractivity contribution in [2.45, 2.75) is 82.3 Å². The van der Waals surface area contributed by atoms with Gasteiger partial charge >= 0.3 is 18.2 Å². The summed E-state index contributed by atoms with van der Waals surface area (Å²) >= 11 is 0. The SMILES string of the molecule is CCCCN1C(=O)N(C2CCC3(CC2)CC2(C3)C(=O)N(C)C(=O)N2CC(F)(F)F)C(O)c2c1n[nH]c2N. The smallest absolute Gasteiger partial charge is 0.384 e. The van der Waals surface area contributed by atoms with Gasteiger partial charge in [0, 0.05) is 19.6 Å². The van der Waals surface area contributed by atoms with E-state index in [1.807, 2.05) is 6.92 Å². The van der Waals surface area contributed by atoms with Crippen molar-refractivity contribution in [2.75, 3.05) is 30.8 Å². The lowest BCUT2D eigenvalue weighted by atomic mass is 9.51. The van der Waals surface area contributed by atoms with E-state index in [1.54, 1.807) is 0 Å². The number of halogens is 3. The van der Waals surface area contributed by atoms with Crippen molar-refractivity contribution in [2.24, 2.45) is 5.41 Å². The highest BCUT2D eigenvalue weighted by Gasteiger charge is 2.69. The van der Waals surface area contributed by atoms with E-state index in [-0.39, 0.29) is 30.7 Å². The van der Waals surface area contributed by atoms with Gasteiger partial charge in [0.05, 0.1) is 5.56 Å². The molecule has 1 unspecified atom stereocenters. The van der Waals surface area contributed by atoms with Gasteiger partial charge in [0.25, 0.3) is 5.91 Å². The molecule has 0 radical (unpaired) electrons. The van der Waals surface area contributed by atoms with Gasteiger partial charge < -0.3 is 15.7 Å². The van der Waals surface area contributed by atoms with E-state index in [0.717, 1.165) is 17.7 Å². The maximum Gasteiger partial charge on any atom is 0.406 e. The molecule has 5 rings (SSSR count). The lowest BCUT2D eigenvalue weighted by molar-refractivity contribution is -0.174. The molecule has 204 valence electrons. The Morgan fingerprint density at radius 1 is 1.16 bits per heavy atom. The Kier molecular flexibility index (Phi) is 5.88. The van der Waals surface area contributed by atoms with E-state index in [2.05, 4.69) is 10.2 Å². The summed E-state index contributed by atoms with van der Waals surface area (Å²) in [7, 11) is 1.22. The summed E-state index contributed by atoms with van der Waals surface area (Å²) < 4.78 is 39.7. The van der Waals surface area contributed by atoms with Crippen LogP contribution in [0.1, 0.15) is 70.1 Å². The van der Waals surface area contributed by atoms with Crippen LogP contribution in [-0.2, 0) is 4.79 Å². The second kappa shape index (κ2) is 8.50. The Balaban J connectivity index is 1.32. The number of anilines is 2. The highest BCUT2D eigenvalue weighted by atomic mass is 19.4. The number of hydrogen-bond acceptors (Lipinski definition) is 6. The number of likely N-dealkylation sites (N-methyl/N-ethyl adjacent to an activating group) is 1. The number of amides is 5. The average Bonchev–Trinajstić information content (AvgIpc) is 3.27. The van der Waals surface area contributed by atoms with Gasteiger partial charge in [-0.25, -0.2) is 9.59 Å². The Morgan fingerprint density at radius 3 is 2.41 bits per heavy atom. The van der Waals surface area contributed by atoms with Crippen molar-refractivity contribution >= 4 is 29.6 Å². The highest BCUT2D eigenvalue weighted by molar-refractivity contribution is 6.07. The zero-order valence-electron chi connectivity index (χ0n) is 20.8. The van der Waals surface area contributed by atoms with Crippen molar-refractivity contribution in [3.05, 3.63) is 5.56 Å². The lowest BCUT2D eigenvalue weighted by Crippen LogP contribution is -2.66. The second-order valence-electron chi connectivity index (χ2n) is 10.9. The van der Waals surface area contributed by atoms with E-state index in [0.29, 0.717) is 48.5 Å². The van der Waals surface area contributed by atoms with E-state index in [9.17, 15) is 32.7 Å². The fourth-order valence-electron chi connectivity index (χ4n) is 6.82. The number of H-pyrrole nitrogens is 1. The van der Waals surface area contributed by atoms with Crippen LogP contribution in [0.2, 0.25) is 0 Å². The van der Waals surface area contributed by atoms with Crippen LogP contribution in [0.3, 0.4) is 0 Å². The van der Waals surface area contributed by atoms with Crippen molar-refractivity contribution < 1.29 is 32.7 Å². The fraction of sp³-hybridized carbons (Fsp3) is 0.739. The first-order valence-electron chi connectivity index (χ1n) is 12.6. The third-order valence-electron chi connectivity index (χ3n) is 8.60. The molecular weight excluding hydrogens is 495 g/mol. The number of rotatable bonds is 5. The number of alkyl halides is 3. The number of aliphatic hydroxyl groups excluding tert-OH is 1. The largest absolute Gasteiger partial charge is 0.406 e. The van der Waals surface area contributed by atoms with E-state index in [1.165, 1.54) is 16.8 Å². The molecule has 4 N–H and O–H groups in total. The summed E-state index contributed by atoms with van der Waals surface area (Å²) in [5, 5.41) is 17.9. The third kappa shape index (κ3) is 3.82. The standard InChI is InChI=1S/C23H32F3N7O4/c1-3-4-9-31-16-14(15(27)28-29-16)17(34)33(20(31)37)13-5-7-21(8-6-13)10-22(11-21)18(35)30(2)19(36)32(22)12-23(24,25)26/h13,17,34H,3-12H2,1-2H3,(H3,27,28,29). The first-order valence-corrected chi connectivity index (χ1v) is 12.6. The number of carbonyl (C=O) groups is 3. The Hall–Kier alpha value is -3.03. The van der Waals surface area contributed by atoms with Crippen molar-refractivity contribution in [3.8, 4) is 0 Å². The molecule has 3 heterocycles. The van der Waals surface area contributed by atoms with Crippen LogP contribution in [0.25, 0.3) is 0 Å². The summed E-state index contributed by atoms with van der Waals surface area (Å²) in [6, 6.07) is -1.60. The molecule has 2 saturated carbocycles. The number of aromatic amines is 1. The third-order valence-corrected chi connectivity index (χ3v) is 8.60. The minimum atomic E-state index is -4.61. The number of fused-ring (bicyclic) bond motifs is 1. The number of nitrogen functional groups attached to an aromatic ring is 1. The van der Waals surface area contributed by atoms with Gasteiger partial charge in [0.2, 0.25) is 0 Å². The zero-order valence-corrected chi connectivity index (χ0v) is 20.8. The minimum Gasteiger partial charge on any atom is -0.384 e. The van der Waals surface area contributed by atoms with Gasteiger partial charge in [-0.1, -0.05) is 13.3 Å². The molecule has 11 nitrogen and oxygen atoms in total. The van der Waals surface area contributed by atoms with Crippen LogP contribution in [0.4, 0.5) is 34.4 Å². The van der Waals surface area contributed by atoms with Crippen LogP contribution in [0.15, 0.2) is 0 Å². The Bertz CT molecular complexity index is 1110. The number of aliphatic hydroxyl groups is 1. The van der Waals surface area contributed by atoms with Crippen molar-refractivity contribution in [1.29, 1.82) is 0 Å². The molecule has 37 heavy (non-hydrogen) atoms. The molecule has 1 saturated heterocycles. The summed E-state index contributed by atoms with van der Waals surface area (Å²) in [6.07, 6.45) is -1.83. The van der Waals surface area contributed by atoms with Crippen LogP contribution >= 0.6 is 0 Å². The molecule has 1 atom stereocenters. The number of carbonyl (C=O) groups excluding carboxylic acids is 3. The summed E-state index contributed by atoms with van der Waals surface area (Å²) in [4.78, 5) is 43.2. The first kappa shape index (κ1) is 25.6. The number of unbranched alkanes of at least 4 members (excludes halogenated alkanes) is 1. The van der Waals surface area contributed by atoms with Crippen LogP contribution < -0.4 is 10.6 Å². The second-order valence-corrected chi connectivity index (χ2v) is 10.9. The maximum atomic E-state index is 13.4. The zero-order chi connectivity index (χ0) is 26.9. The summed E-state index contributed by atoms with van der Waals surface area (Å²) in [5.41, 5.74) is 4.52. The van der Waals surface area contributed by atoms with Crippen molar-refractivity contribution in [1.82, 2.24) is 24.9 Å². The molecule has 2 spiro atoms. The summed E-state index contributed by atoms with van der Waals surface area (Å²) in [5.74, 6) is -0.0788. The molecule has 1 aromatic heterocycles. The topological polar surface area (TPSA) is 139 Å². The van der Waals surface area contributed by atoms with Gasteiger partial charge in [-0.05, 0) is 50.4 Å². The molecule has 5 amide bonds. The predicted molar refractivity (Wildman–Crippen MR) is 125 cm³/mol. The molecule has 0 aromatic carbocycles. The number of urea groups is 2. The molecule has 1 aromatic rings. The lowest BCUT2D eigenvalue weighted by Gasteiger charge is -2.59. The quantitative estimate of drug-likeness (QED) is 0.503. The number of nitrogens with one attached hydrogen (secondary N) is 1. The fourth-order valence-corrected chi connectivity index (χ4v) is 6.82. The normalized spacial score (nSPS) is 32.1. The van der Waals surface area contributed by atoms with Gasteiger partial charge in [0.1, 0.15) is 17.9 Å². The number of aromatic nitrogens is 2. The summed E-state index contributed by atoms with van der Waals surface area (Å²) in [6.45, 7) is 0.966. The van der Waals surface area contributed by atoms with Gasteiger partial charge in [0.15, 0.2) is 12.0 Å². The Morgan fingerprint density at radius 2 is 1.81 bits per heavy atom. The minimum absolute atomic E-state index is 0.162. The number of nitrogens with two attached hydrogens (primary N) is 1. The molecule has 4 aliphatic rings. The number of imide groups is 1. The average molecular weight is 528 g/mol. The van der Waals surface area contributed by atoms with Crippen molar-refractivity contribution in [3.63, 3.8) is 0 Å². The molecule has 14 heteroatoms. The van der Waals surface area contributed by atoms with E-state index in [4.69, 9.17) is 5.73 Å². The monoisotopic (exact) mass is 527 g/mol. The number of nitrogens with zero attached hydrogens (tertiary/aromatic N) is 5. The van der Waals surface area contributed by atoms with E-state index >= 15 is 0 Å². The molecule has 0 bridgehead atoms. The van der Waals surface area contributed by atoms with Gasteiger partial charge in [-0.2, -0.15) is 18.3 Å². The molecule has 2 aliphatic carbocycles. The predicted octanol–water partition coefficient (Wildman–Crippen LogP) is 2.94.